The molecule has 3 atom stereocenters. The van der Waals surface area contributed by atoms with Gasteiger partial charge < -0.3 is 29.1 Å². The Kier molecular flexibility index (Phi) is 9.51. The van der Waals surface area contributed by atoms with Crippen molar-refractivity contribution >= 4 is 42.8 Å². The van der Waals surface area contributed by atoms with E-state index in [0.29, 0.717) is 29.9 Å². The Hall–Kier alpha value is -3.44. The molecule has 1 unspecified atom stereocenters. The van der Waals surface area contributed by atoms with E-state index in [0.717, 1.165) is 11.3 Å². The number of hydrogen-bond acceptors (Lipinski definition) is 8. The highest BCUT2D eigenvalue weighted by atomic mass is 28.4. The molecular weight excluding hydrogens is 574 g/mol. The number of furan rings is 1. The lowest BCUT2D eigenvalue weighted by Crippen LogP contribution is -2.63. The topological polar surface area (TPSA) is 119 Å². The van der Waals surface area contributed by atoms with Crippen LogP contribution in [0.1, 0.15) is 84.3 Å². The zero-order valence-corrected chi connectivity index (χ0v) is 29.1. The predicted octanol–water partition coefficient (Wildman–Crippen LogP) is 7.34. The van der Waals surface area contributed by atoms with Gasteiger partial charge in [0, 0.05) is 30.8 Å². The molecule has 0 bridgehead atoms. The molecule has 44 heavy (non-hydrogen) atoms. The minimum atomic E-state index is -2.16. The molecule has 4 rings (SSSR count). The van der Waals surface area contributed by atoms with Gasteiger partial charge in [0.1, 0.15) is 16.8 Å². The van der Waals surface area contributed by atoms with Crippen LogP contribution in [0, 0.1) is 5.92 Å². The molecule has 1 saturated heterocycles. The van der Waals surface area contributed by atoms with E-state index in [-0.39, 0.29) is 40.6 Å². The summed E-state index contributed by atoms with van der Waals surface area (Å²) in [6.07, 6.45) is 4.35. The van der Waals surface area contributed by atoms with Crippen molar-refractivity contribution in [3.05, 3.63) is 48.1 Å². The fourth-order valence-electron chi connectivity index (χ4n) is 5.18. The van der Waals surface area contributed by atoms with Crippen LogP contribution in [-0.2, 0) is 9.16 Å². The van der Waals surface area contributed by atoms with Crippen LogP contribution in [-0.4, -0.2) is 61.1 Å². The van der Waals surface area contributed by atoms with Gasteiger partial charge in [-0.1, -0.05) is 41.5 Å². The quantitative estimate of drug-likeness (QED) is 0.263. The Morgan fingerprint density at radius 3 is 2.43 bits per heavy atom. The molecule has 0 spiro atoms. The SMILES string of the molecule is CC(C)c1coc2ccc(C(=O)Nc3cnccc3N3C[C@H](C)C(O[Si](C)(C)C(C)(C)C)[C@H](NC(=O)OC(C)(C)C)C3)nc12. The van der Waals surface area contributed by atoms with Crippen LogP contribution in [0.4, 0.5) is 16.2 Å². The van der Waals surface area contributed by atoms with Crippen molar-refractivity contribution < 1.29 is 23.2 Å². The number of rotatable bonds is 7. The number of fused-ring (bicyclic) bond motifs is 1. The standard InChI is InChI=1S/C33H49N5O5Si/c1-20(2)22-19-41-27-13-12-23(35-28(22)27)30(39)36-24-16-34-15-14-26(24)38-17-21(3)29(43-44(10,11)33(7,8)9)25(18-38)37-31(40)42-32(4,5)6/h12-16,19-21,25,29H,17-18H2,1-11H3,(H,36,39)(H,37,40)/t21-,25+,29?/m0/s1. The third-order valence-corrected chi connectivity index (χ3v) is 13.0. The van der Waals surface area contributed by atoms with E-state index in [9.17, 15) is 9.59 Å². The van der Waals surface area contributed by atoms with Crippen LogP contribution in [0.25, 0.3) is 11.1 Å². The molecule has 11 heteroatoms. The molecule has 2 amide bonds. The van der Waals surface area contributed by atoms with E-state index < -0.39 is 20.0 Å². The van der Waals surface area contributed by atoms with Gasteiger partial charge >= 0.3 is 6.09 Å². The average Bonchev–Trinajstić information content (AvgIpc) is 3.33. The summed E-state index contributed by atoms with van der Waals surface area (Å²) in [6.45, 7) is 24.0. The molecule has 0 aliphatic carbocycles. The van der Waals surface area contributed by atoms with E-state index in [2.05, 4.69) is 80.1 Å². The number of amides is 2. The average molecular weight is 624 g/mol. The van der Waals surface area contributed by atoms with Gasteiger partial charge in [0.15, 0.2) is 13.9 Å². The minimum Gasteiger partial charge on any atom is -0.462 e. The molecule has 3 aromatic heterocycles. The van der Waals surface area contributed by atoms with E-state index in [1.165, 1.54) is 0 Å². The fourth-order valence-corrected chi connectivity index (χ4v) is 6.61. The first kappa shape index (κ1) is 33.4. The molecule has 0 aromatic carbocycles. The van der Waals surface area contributed by atoms with Crippen molar-refractivity contribution in [1.29, 1.82) is 0 Å². The highest BCUT2D eigenvalue weighted by Gasteiger charge is 2.45. The van der Waals surface area contributed by atoms with Crippen molar-refractivity contribution in [1.82, 2.24) is 15.3 Å². The van der Waals surface area contributed by atoms with Gasteiger partial charge in [0.25, 0.3) is 5.91 Å². The molecule has 0 saturated carbocycles. The summed E-state index contributed by atoms with van der Waals surface area (Å²) in [5.41, 5.74) is 3.30. The van der Waals surface area contributed by atoms with Crippen molar-refractivity contribution in [3.8, 4) is 0 Å². The summed E-state index contributed by atoms with van der Waals surface area (Å²) >= 11 is 0. The summed E-state index contributed by atoms with van der Waals surface area (Å²) in [5, 5.41) is 6.15. The van der Waals surface area contributed by atoms with Gasteiger partial charge in [-0.15, -0.1) is 0 Å². The molecule has 3 aromatic rings. The number of aromatic nitrogens is 2. The summed E-state index contributed by atoms with van der Waals surface area (Å²) in [4.78, 5) is 37.6. The Morgan fingerprint density at radius 2 is 1.80 bits per heavy atom. The van der Waals surface area contributed by atoms with Crippen molar-refractivity contribution in [2.24, 2.45) is 5.92 Å². The Morgan fingerprint density at radius 1 is 1.09 bits per heavy atom. The predicted molar refractivity (Wildman–Crippen MR) is 177 cm³/mol. The minimum absolute atomic E-state index is 0.00627. The Labute approximate surface area is 262 Å². The van der Waals surface area contributed by atoms with Gasteiger partial charge in [-0.05, 0) is 63.0 Å². The normalized spacial score (nSPS) is 19.7. The zero-order chi connectivity index (χ0) is 32.6. The van der Waals surface area contributed by atoms with E-state index >= 15 is 0 Å². The van der Waals surface area contributed by atoms with Gasteiger partial charge in [-0.3, -0.25) is 9.78 Å². The van der Waals surface area contributed by atoms with Crippen molar-refractivity contribution in [2.75, 3.05) is 23.3 Å². The summed E-state index contributed by atoms with van der Waals surface area (Å²) < 4.78 is 18.2. The molecule has 0 radical (unpaired) electrons. The Bertz CT molecular complexity index is 1490. The molecule has 4 heterocycles. The first-order valence-electron chi connectivity index (χ1n) is 15.4. The number of ether oxygens (including phenoxy) is 1. The summed E-state index contributed by atoms with van der Waals surface area (Å²) in [5.74, 6) is -0.0708. The second-order valence-electron chi connectivity index (χ2n) is 14.7. The monoisotopic (exact) mass is 623 g/mol. The van der Waals surface area contributed by atoms with E-state index in [1.807, 2.05) is 26.8 Å². The zero-order valence-electron chi connectivity index (χ0n) is 28.1. The molecule has 10 nitrogen and oxygen atoms in total. The number of piperidine rings is 1. The molecule has 2 N–H and O–H groups in total. The second kappa shape index (κ2) is 12.5. The van der Waals surface area contributed by atoms with Crippen LogP contribution in [0.2, 0.25) is 18.1 Å². The second-order valence-corrected chi connectivity index (χ2v) is 19.5. The lowest BCUT2D eigenvalue weighted by molar-refractivity contribution is 0.0336. The number of hydrogen-bond donors (Lipinski definition) is 2. The van der Waals surface area contributed by atoms with Crippen LogP contribution in [0.15, 0.2) is 41.3 Å². The van der Waals surface area contributed by atoms with Crippen LogP contribution >= 0.6 is 0 Å². The van der Waals surface area contributed by atoms with Crippen LogP contribution in [0.3, 0.4) is 0 Å². The maximum atomic E-state index is 13.5. The van der Waals surface area contributed by atoms with Crippen molar-refractivity contribution in [2.45, 2.75) is 104 Å². The number of anilines is 2. The molecule has 1 aliphatic rings. The van der Waals surface area contributed by atoms with E-state index in [1.54, 1.807) is 30.8 Å². The first-order chi connectivity index (χ1) is 20.4. The highest BCUT2D eigenvalue weighted by Crippen LogP contribution is 2.40. The highest BCUT2D eigenvalue weighted by molar-refractivity contribution is 6.74. The van der Waals surface area contributed by atoms with Gasteiger partial charge in [0.05, 0.1) is 36.0 Å². The molecule has 1 fully saturated rings. The smallest absolute Gasteiger partial charge is 0.408 e. The molecule has 1 aliphatic heterocycles. The first-order valence-corrected chi connectivity index (χ1v) is 18.3. The number of carbonyl (C=O) groups excluding carboxylic acids is 2. The Balaban J connectivity index is 1.61. The summed E-state index contributed by atoms with van der Waals surface area (Å²) in [6, 6.07) is 4.97. The number of alkyl carbamates (subject to hydrolysis) is 1. The maximum Gasteiger partial charge on any atom is 0.408 e. The number of nitrogens with zero attached hydrogens (tertiary/aromatic N) is 3. The maximum absolute atomic E-state index is 13.5. The largest absolute Gasteiger partial charge is 0.462 e. The van der Waals surface area contributed by atoms with Crippen LogP contribution in [0.5, 0.6) is 0 Å². The van der Waals surface area contributed by atoms with Gasteiger partial charge in [-0.2, -0.15) is 0 Å². The number of pyridine rings is 2. The summed E-state index contributed by atoms with van der Waals surface area (Å²) in [7, 11) is -2.16. The lowest BCUT2D eigenvalue weighted by atomic mass is 9.92. The van der Waals surface area contributed by atoms with Crippen LogP contribution < -0.4 is 15.5 Å². The molecule has 240 valence electrons. The van der Waals surface area contributed by atoms with Gasteiger partial charge in [0.2, 0.25) is 0 Å². The molecular formula is C33H49N5O5Si. The lowest BCUT2D eigenvalue weighted by Gasteiger charge is -2.48. The van der Waals surface area contributed by atoms with Crippen molar-refractivity contribution in [3.63, 3.8) is 0 Å². The third kappa shape index (κ3) is 7.61. The fraction of sp³-hybridized carbons (Fsp3) is 0.576. The van der Waals surface area contributed by atoms with Gasteiger partial charge in [-0.25, -0.2) is 9.78 Å². The van der Waals surface area contributed by atoms with E-state index in [4.69, 9.17) is 13.6 Å². The third-order valence-electron chi connectivity index (χ3n) is 8.51. The number of nitrogens with one attached hydrogen (secondary N) is 2. The number of carbonyl (C=O) groups is 2.